The smallest absolute Gasteiger partial charge is 0.481 e. The number of aliphatic carboxylic acids is 1. The molecule has 0 bridgehead atoms. The number of carboxylic acid groups (broad SMARTS) is 1. The third kappa shape index (κ3) is 2.77. The van der Waals surface area contributed by atoms with Gasteiger partial charge in [0, 0.05) is 11.5 Å². The van der Waals surface area contributed by atoms with Crippen LogP contribution in [0.25, 0.3) is 0 Å². The minimum atomic E-state index is -4.98. The zero-order chi connectivity index (χ0) is 18.8. The number of fused-ring (bicyclic) bond motifs is 3. The summed E-state index contributed by atoms with van der Waals surface area (Å²) < 4.78 is 86.0. The fourth-order valence-electron chi connectivity index (χ4n) is 3.43. The van der Waals surface area contributed by atoms with Crippen LogP contribution in [0.4, 0.5) is 26.3 Å². The maximum Gasteiger partial charge on any atom is 0.573 e. The van der Waals surface area contributed by atoms with Crippen LogP contribution in [0.5, 0.6) is 11.5 Å². The number of benzene rings is 1. The van der Waals surface area contributed by atoms with Crippen molar-refractivity contribution in [2.75, 3.05) is 0 Å². The van der Waals surface area contributed by atoms with E-state index in [1.807, 2.05) is 0 Å². The Hall–Kier alpha value is -2.13. The van der Waals surface area contributed by atoms with Crippen molar-refractivity contribution in [3.05, 3.63) is 23.3 Å². The van der Waals surface area contributed by atoms with Gasteiger partial charge in [0.05, 0.1) is 0 Å². The van der Waals surface area contributed by atoms with Crippen LogP contribution < -0.4 is 9.47 Å². The van der Waals surface area contributed by atoms with E-state index in [9.17, 15) is 36.2 Å². The second kappa shape index (κ2) is 5.18. The van der Waals surface area contributed by atoms with Crippen molar-refractivity contribution in [3.63, 3.8) is 0 Å². The summed E-state index contributed by atoms with van der Waals surface area (Å²) in [6.45, 7) is 1.53. The van der Waals surface area contributed by atoms with E-state index in [2.05, 4.69) is 4.74 Å². The summed E-state index contributed by atoms with van der Waals surface area (Å²) in [7, 11) is 0. The van der Waals surface area contributed by atoms with E-state index in [1.165, 1.54) is 6.92 Å². The van der Waals surface area contributed by atoms with E-state index in [-0.39, 0.29) is 29.7 Å². The number of hydrogen-bond donors (Lipinski definition) is 1. The van der Waals surface area contributed by atoms with Crippen LogP contribution in [0.1, 0.15) is 30.4 Å². The molecule has 0 aromatic heterocycles. The number of carbonyl (C=O) groups is 1. The van der Waals surface area contributed by atoms with Crippen LogP contribution in [0.2, 0.25) is 0 Å². The first-order chi connectivity index (χ1) is 11.4. The molecule has 2 unspecified atom stereocenters. The molecule has 0 radical (unpaired) electrons. The summed E-state index contributed by atoms with van der Waals surface area (Å²) in [6.07, 6.45) is -12.7. The maximum atomic E-state index is 13.3. The second-order valence-electron chi connectivity index (χ2n) is 6.04. The first kappa shape index (κ1) is 17.7. The van der Waals surface area contributed by atoms with Crippen molar-refractivity contribution in [1.29, 1.82) is 0 Å². The summed E-state index contributed by atoms with van der Waals surface area (Å²) in [5.41, 5.74) is -2.12. The number of ether oxygens (including phenoxy) is 2. The van der Waals surface area contributed by atoms with E-state index < -0.39 is 41.7 Å². The van der Waals surface area contributed by atoms with Crippen LogP contribution in [0.3, 0.4) is 0 Å². The zero-order valence-electron chi connectivity index (χ0n) is 12.7. The molecular formula is C15H12F6O4. The van der Waals surface area contributed by atoms with Gasteiger partial charge in [-0.25, -0.2) is 0 Å². The van der Waals surface area contributed by atoms with Crippen molar-refractivity contribution in [2.45, 2.75) is 44.3 Å². The molecule has 1 aromatic rings. The molecule has 138 valence electrons. The molecule has 1 saturated carbocycles. The highest BCUT2D eigenvalue weighted by atomic mass is 19.4. The molecule has 1 aliphatic heterocycles. The Balaban J connectivity index is 2.11. The van der Waals surface area contributed by atoms with Gasteiger partial charge in [0.1, 0.15) is 16.9 Å². The molecule has 4 nitrogen and oxygen atoms in total. The predicted octanol–water partition coefficient (Wildman–Crippen LogP) is 4.03. The molecule has 1 aromatic carbocycles. The molecule has 0 spiro atoms. The summed E-state index contributed by atoms with van der Waals surface area (Å²) in [6, 6.07) is 1.86. The Kier molecular flexibility index (Phi) is 3.67. The molecule has 0 amide bonds. The Labute approximate surface area is 137 Å². The van der Waals surface area contributed by atoms with Crippen molar-refractivity contribution in [3.8, 4) is 11.5 Å². The fraction of sp³-hybridized carbons (Fsp3) is 0.533. The molecule has 25 heavy (non-hydrogen) atoms. The van der Waals surface area contributed by atoms with Gasteiger partial charge in [-0.3, -0.25) is 4.79 Å². The Bertz CT molecular complexity index is 726. The topological polar surface area (TPSA) is 55.8 Å². The van der Waals surface area contributed by atoms with E-state index in [1.54, 1.807) is 0 Å². The van der Waals surface area contributed by atoms with Gasteiger partial charge in [0.15, 0.2) is 0 Å². The zero-order valence-corrected chi connectivity index (χ0v) is 12.7. The lowest BCUT2D eigenvalue weighted by atomic mass is 9.88. The number of halogens is 6. The summed E-state index contributed by atoms with van der Waals surface area (Å²) in [4.78, 5) is 11.5. The predicted molar refractivity (Wildman–Crippen MR) is 70.4 cm³/mol. The SMILES string of the molecule is CCc1cc(OC(F)(F)F)cc2c1O[C@H](C(F)(F)F)C1(C(=O)O)CC21. The van der Waals surface area contributed by atoms with E-state index in [0.717, 1.165) is 12.1 Å². The molecule has 1 aliphatic carbocycles. The minimum Gasteiger partial charge on any atom is -0.481 e. The number of aryl methyl sites for hydroxylation is 1. The van der Waals surface area contributed by atoms with Crippen LogP contribution in [0.15, 0.2) is 12.1 Å². The molecule has 10 heteroatoms. The molecule has 3 atom stereocenters. The summed E-state index contributed by atoms with van der Waals surface area (Å²) >= 11 is 0. The number of carboxylic acids is 1. The highest BCUT2D eigenvalue weighted by Gasteiger charge is 2.76. The van der Waals surface area contributed by atoms with E-state index in [4.69, 9.17) is 4.74 Å². The number of alkyl halides is 6. The highest BCUT2D eigenvalue weighted by molar-refractivity contribution is 5.83. The van der Waals surface area contributed by atoms with Crippen LogP contribution in [-0.4, -0.2) is 29.7 Å². The van der Waals surface area contributed by atoms with Gasteiger partial charge in [-0.1, -0.05) is 6.92 Å². The third-order valence-electron chi connectivity index (χ3n) is 4.56. The van der Waals surface area contributed by atoms with Gasteiger partial charge in [0.25, 0.3) is 0 Å². The van der Waals surface area contributed by atoms with Crippen molar-refractivity contribution < 1.29 is 45.7 Å². The van der Waals surface area contributed by atoms with Crippen molar-refractivity contribution in [2.24, 2.45) is 5.41 Å². The van der Waals surface area contributed by atoms with E-state index in [0.29, 0.717) is 0 Å². The molecule has 1 fully saturated rings. The average Bonchev–Trinajstić information content (AvgIpc) is 3.20. The first-order valence-electron chi connectivity index (χ1n) is 7.29. The molecule has 2 aliphatic rings. The summed E-state index contributed by atoms with van der Waals surface area (Å²) in [5, 5.41) is 9.29. The van der Waals surface area contributed by atoms with Gasteiger partial charge >= 0.3 is 18.5 Å². The normalized spacial score (nSPS) is 27.8. The lowest BCUT2D eigenvalue weighted by Gasteiger charge is -2.34. The van der Waals surface area contributed by atoms with Crippen molar-refractivity contribution in [1.82, 2.24) is 0 Å². The lowest BCUT2D eigenvalue weighted by Crippen LogP contribution is -2.48. The first-order valence-corrected chi connectivity index (χ1v) is 7.29. The van der Waals surface area contributed by atoms with Gasteiger partial charge in [-0.05, 0) is 30.5 Å². The Morgan fingerprint density at radius 1 is 1.32 bits per heavy atom. The molecule has 1 heterocycles. The molecule has 1 N–H and O–H groups in total. The van der Waals surface area contributed by atoms with Crippen LogP contribution in [0, 0.1) is 5.41 Å². The average molecular weight is 370 g/mol. The van der Waals surface area contributed by atoms with E-state index >= 15 is 0 Å². The van der Waals surface area contributed by atoms with Gasteiger partial charge < -0.3 is 14.6 Å². The minimum absolute atomic E-state index is 0.00139. The highest BCUT2D eigenvalue weighted by Crippen LogP contribution is 2.69. The largest absolute Gasteiger partial charge is 0.573 e. The van der Waals surface area contributed by atoms with Gasteiger partial charge in [0.2, 0.25) is 6.10 Å². The monoisotopic (exact) mass is 370 g/mol. The third-order valence-corrected chi connectivity index (χ3v) is 4.56. The fourth-order valence-corrected chi connectivity index (χ4v) is 3.43. The Morgan fingerprint density at radius 3 is 2.44 bits per heavy atom. The quantitative estimate of drug-likeness (QED) is 0.817. The Morgan fingerprint density at radius 2 is 1.96 bits per heavy atom. The maximum absolute atomic E-state index is 13.3. The van der Waals surface area contributed by atoms with Crippen LogP contribution in [-0.2, 0) is 11.2 Å². The van der Waals surface area contributed by atoms with Gasteiger partial charge in [-0.2, -0.15) is 13.2 Å². The number of rotatable bonds is 3. The number of hydrogen-bond acceptors (Lipinski definition) is 3. The second-order valence-corrected chi connectivity index (χ2v) is 6.04. The van der Waals surface area contributed by atoms with Gasteiger partial charge in [-0.15, -0.1) is 13.2 Å². The molecule has 3 rings (SSSR count). The molecule has 0 saturated heterocycles. The van der Waals surface area contributed by atoms with Crippen LogP contribution >= 0.6 is 0 Å². The molecular weight excluding hydrogens is 358 g/mol. The van der Waals surface area contributed by atoms with Crippen molar-refractivity contribution >= 4 is 5.97 Å². The standard InChI is InChI=1S/C15H12F6O4/c1-2-6-3-7(25-15(19,20)21)4-8-9-5-13(9,12(22)23)11(14(16,17)18)24-10(6)8/h3-4,9,11H,2,5H2,1H3,(H,22,23)/t9?,11-,13?/m0/s1. The lowest BCUT2D eigenvalue weighted by molar-refractivity contribution is -0.274. The summed E-state index contributed by atoms with van der Waals surface area (Å²) in [5.74, 6) is -3.59.